The predicted octanol–water partition coefficient (Wildman–Crippen LogP) is 1.15. The lowest BCUT2D eigenvalue weighted by Crippen LogP contribution is -2.38. The molecule has 2 saturated heterocycles. The van der Waals surface area contributed by atoms with Crippen molar-refractivity contribution in [1.29, 1.82) is 0 Å². The number of rotatable bonds is 4. The van der Waals surface area contributed by atoms with E-state index in [0.717, 1.165) is 63.0 Å². The molecule has 0 N–H and O–H groups in total. The van der Waals surface area contributed by atoms with Crippen LogP contribution in [0.5, 0.6) is 0 Å². The summed E-state index contributed by atoms with van der Waals surface area (Å²) < 4.78 is 14.9. The maximum Gasteiger partial charge on any atom is 0.178 e. The zero-order valence-corrected chi connectivity index (χ0v) is 15.9. The van der Waals surface area contributed by atoms with Crippen LogP contribution >= 0.6 is 0 Å². The molecule has 0 radical (unpaired) electrons. The number of piperidine rings is 1. The third-order valence-electron chi connectivity index (χ3n) is 5.56. The van der Waals surface area contributed by atoms with Gasteiger partial charge in [-0.1, -0.05) is 0 Å². The lowest BCUT2D eigenvalue weighted by atomic mass is 9.95. The summed E-state index contributed by atoms with van der Waals surface area (Å²) in [4.78, 5) is 2.52. The predicted molar refractivity (Wildman–Crippen MR) is 101 cm³/mol. The Morgan fingerprint density at radius 2 is 1.86 bits per heavy atom. The van der Waals surface area contributed by atoms with Gasteiger partial charge >= 0.3 is 0 Å². The first-order valence-corrected chi connectivity index (χ1v) is 9.97. The number of fused-ring (bicyclic) bond motifs is 1. The molecule has 9 heteroatoms. The molecule has 3 aromatic rings. The smallest absolute Gasteiger partial charge is 0.178 e. The number of aromatic nitrogens is 6. The van der Waals surface area contributed by atoms with Gasteiger partial charge in [-0.25, -0.2) is 4.68 Å². The van der Waals surface area contributed by atoms with Crippen LogP contribution in [0, 0.1) is 5.92 Å². The van der Waals surface area contributed by atoms with Gasteiger partial charge in [-0.3, -0.25) is 0 Å². The second kappa shape index (κ2) is 7.94. The van der Waals surface area contributed by atoms with E-state index in [1.807, 2.05) is 28.9 Å². The monoisotopic (exact) mass is 383 g/mol. The van der Waals surface area contributed by atoms with Gasteiger partial charge in [0.05, 0.1) is 26.4 Å². The number of hydrogen-bond acceptors (Lipinski definition) is 7. The molecular formula is C19H25N7O2. The lowest BCUT2D eigenvalue weighted by molar-refractivity contribution is 0.0931. The molecule has 2 fully saturated rings. The summed E-state index contributed by atoms with van der Waals surface area (Å²) in [5.41, 5.74) is 0.779. The second-order valence-corrected chi connectivity index (χ2v) is 7.56. The minimum Gasteiger partial charge on any atom is -0.379 e. The van der Waals surface area contributed by atoms with Gasteiger partial charge in [0.2, 0.25) is 0 Å². The maximum atomic E-state index is 5.63. The average molecular weight is 383 g/mol. The number of hydrogen-bond donors (Lipinski definition) is 0. The van der Waals surface area contributed by atoms with E-state index < -0.39 is 0 Å². The molecule has 148 valence electrons. The summed E-state index contributed by atoms with van der Waals surface area (Å²) in [6.45, 7) is 6.17. The van der Waals surface area contributed by atoms with Gasteiger partial charge in [-0.2, -0.15) is 9.61 Å². The van der Waals surface area contributed by atoms with Crippen molar-refractivity contribution in [2.45, 2.75) is 18.8 Å². The van der Waals surface area contributed by atoms with Gasteiger partial charge in [0.15, 0.2) is 17.3 Å². The standard InChI is InChI=1S/C19H25N7O2/c1-6-20-25(7-1)18-3-2-17-21-22-19(26(17)23-18)16-4-8-24(9-5-16)12-15-13-27-10-11-28-14-15/h1-3,6-7,15-16H,4-5,8-14H2. The van der Waals surface area contributed by atoms with Crippen molar-refractivity contribution in [3.8, 4) is 5.82 Å². The Hall–Kier alpha value is -2.36. The average Bonchev–Trinajstić information content (AvgIpc) is 3.34. The van der Waals surface area contributed by atoms with Gasteiger partial charge in [0.1, 0.15) is 0 Å². The summed E-state index contributed by atoms with van der Waals surface area (Å²) in [5, 5.41) is 17.8. The Bertz CT molecular complexity index is 894. The van der Waals surface area contributed by atoms with Crippen LogP contribution in [0.1, 0.15) is 24.6 Å². The molecule has 9 nitrogen and oxygen atoms in total. The third-order valence-corrected chi connectivity index (χ3v) is 5.56. The summed E-state index contributed by atoms with van der Waals surface area (Å²) in [5.74, 6) is 2.55. The molecule has 0 spiro atoms. The molecule has 3 aromatic heterocycles. The van der Waals surface area contributed by atoms with Crippen LogP contribution in [0.15, 0.2) is 30.6 Å². The first kappa shape index (κ1) is 17.7. The first-order valence-electron chi connectivity index (χ1n) is 9.97. The third kappa shape index (κ3) is 3.65. The highest BCUT2D eigenvalue weighted by Gasteiger charge is 2.27. The molecule has 5 rings (SSSR count). The molecule has 0 aromatic carbocycles. The minimum absolute atomic E-state index is 0.369. The van der Waals surface area contributed by atoms with Crippen LogP contribution < -0.4 is 0 Å². The van der Waals surface area contributed by atoms with Crippen molar-refractivity contribution in [1.82, 2.24) is 34.5 Å². The highest BCUT2D eigenvalue weighted by Crippen LogP contribution is 2.27. The minimum atomic E-state index is 0.369. The molecule has 0 bridgehead atoms. The van der Waals surface area contributed by atoms with Crippen molar-refractivity contribution in [3.63, 3.8) is 0 Å². The van der Waals surface area contributed by atoms with Crippen molar-refractivity contribution in [2.24, 2.45) is 5.92 Å². The van der Waals surface area contributed by atoms with E-state index >= 15 is 0 Å². The largest absolute Gasteiger partial charge is 0.379 e. The molecule has 0 atom stereocenters. The summed E-state index contributed by atoms with van der Waals surface area (Å²) >= 11 is 0. The van der Waals surface area contributed by atoms with Crippen LogP contribution in [0.2, 0.25) is 0 Å². The van der Waals surface area contributed by atoms with Gasteiger partial charge in [0, 0.05) is 30.8 Å². The molecular weight excluding hydrogens is 358 g/mol. The van der Waals surface area contributed by atoms with Crippen molar-refractivity contribution < 1.29 is 9.47 Å². The van der Waals surface area contributed by atoms with Crippen molar-refractivity contribution >= 4 is 5.65 Å². The van der Waals surface area contributed by atoms with E-state index in [2.05, 4.69) is 20.2 Å². The topological polar surface area (TPSA) is 82.6 Å². The summed E-state index contributed by atoms with van der Waals surface area (Å²) in [7, 11) is 0. The van der Waals surface area contributed by atoms with Crippen LogP contribution in [0.4, 0.5) is 0 Å². The summed E-state index contributed by atoms with van der Waals surface area (Å²) in [6, 6.07) is 5.75. The number of nitrogens with zero attached hydrogens (tertiary/aromatic N) is 7. The van der Waals surface area contributed by atoms with E-state index in [-0.39, 0.29) is 0 Å². The molecule has 0 amide bonds. The quantitative estimate of drug-likeness (QED) is 0.668. The highest BCUT2D eigenvalue weighted by atomic mass is 16.5. The van der Waals surface area contributed by atoms with E-state index in [0.29, 0.717) is 25.0 Å². The Balaban J connectivity index is 1.27. The Morgan fingerprint density at radius 1 is 1.04 bits per heavy atom. The molecule has 0 saturated carbocycles. The second-order valence-electron chi connectivity index (χ2n) is 7.56. The molecule has 28 heavy (non-hydrogen) atoms. The van der Waals surface area contributed by atoms with Crippen LogP contribution in [0.3, 0.4) is 0 Å². The van der Waals surface area contributed by atoms with Crippen LogP contribution in [-0.2, 0) is 9.47 Å². The summed E-state index contributed by atoms with van der Waals surface area (Å²) in [6.07, 6.45) is 5.75. The molecule has 0 unspecified atom stereocenters. The fraction of sp³-hybridized carbons (Fsp3) is 0.579. The van der Waals surface area contributed by atoms with Gasteiger partial charge < -0.3 is 14.4 Å². The molecule has 2 aliphatic heterocycles. The molecule has 5 heterocycles. The van der Waals surface area contributed by atoms with Crippen LogP contribution in [0.25, 0.3) is 11.5 Å². The van der Waals surface area contributed by atoms with E-state index in [4.69, 9.17) is 14.6 Å². The maximum absolute atomic E-state index is 5.63. The first-order chi connectivity index (χ1) is 13.9. The van der Waals surface area contributed by atoms with Gasteiger partial charge in [-0.05, 0) is 44.1 Å². The molecule has 0 aliphatic carbocycles. The van der Waals surface area contributed by atoms with Crippen LogP contribution in [-0.4, -0.2) is 80.6 Å². The normalized spacial score (nSPS) is 20.6. The van der Waals surface area contributed by atoms with E-state index in [1.54, 1.807) is 10.9 Å². The van der Waals surface area contributed by atoms with E-state index in [9.17, 15) is 0 Å². The highest BCUT2D eigenvalue weighted by molar-refractivity contribution is 5.39. The zero-order valence-electron chi connectivity index (χ0n) is 15.9. The van der Waals surface area contributed by atoms with Gasteiger partial charge in [-0.15, -0.1) is 15.3 Å². The Kier molecular flexibility index (Phi) is 5.03. The fourth-order valence-electron chi connectivity index (χ4n) is 4.09. The van der Waals surface area contributed by atoms with Crippen molar-refractivity contribution in [3.05, 3.63) is 36.4 Å². The SMILES string of the molecule is c1cnn(-c2ccc3nnc(C4CCN(CC5COCCOC5)CC4)n3n2)c1. The Morgan fingerprint density at radius 3 is 2.61 bits per heavy atom. The fourth-order valence-corrected chi connectivity index (χ4v) is 4.09. The van der Waals surface area contributed by atoms with Gasteiger partial charge in [0.25, 0.3) is 0 Å². The zero-order chi connectivity index (χ0) is 18.8. The number of ether oxygens (including phenoxy) is 2. The lowest BCUT2D eigenvalue weighted by Gasteiger charge is -2.33. The Labute approximate surface area is 163 Å². The van der Waals surface area contributed by atoms with Crippen molar-refractivity contribution in [2.75, 3.05) is 46.1 Å². The molecule has 2 aliphatic rings. The number of likely N-dealkylation sites (tertiary alicyclic amines) is 1. The van der Waals surface area contributed by atoms with E-state index in [1.165, 1.54) is 0 Å².